The van der Waals surface area contributed by atoms with Crippen molar-refractivity contribution in [3.63, 3.8) is 0 Å². The van der Waals surface area contributed by atoms with E-state index in [2.05, 4.69) is 13.8 Å². The Morgan fingerprint density at radius 2 is 2.18 bits per heavy atom. The van der Waals surface area contributed by atoms with E-state index in [4.69, 9.17) is 5.73 Å². The van der Waals surface area contributed by atoms with Gasteiger partial charge in [0.25, 0.3) is 0 Å². The van der Waals surface area contributed by atoms with Gasteiger partial charge in [-0.3, -0.25) is 0 Å². The molecule has 0 aromatic rings. The Labute approximate surface area is 68.3 Å². The molecule has 0 aromatic carbocycles. The van der Waals surface area contributed by atoms with E-state index in [0.717, 1.165) is 35.1 Å². The Kier molecular flexibility index (Phi) is 0.820. The first-order valence-electron chi connectivity index (χ1n) is 4.93. The Morgan fingerprint density at radius 1 is 1.45 bits per heavy atom. The standard InChI is InChI=1S/C10H17N/c1-6-5-9-7(2)10(6,9)8(9)3-4-11/h6-8H,3-5,11H2,1-2H3/t6-,7-,8?,9?,10?/m0/s1. The van der Waals surface area contributed by atoms with Crippen molar-refractivity contribution in [3.05, 3.63) is 0 Å². The van der Waals surface area contributed by atoms with Crippen LogP contribution < -0.4 is 5.73 Å². The first-order chi connectivity index (χ1) is 5.23. The van der Waals surface area contributed by atoms with Gasteiger partial charge in [-0.15, -0.1) is 0 Å². The maximum absolute atomic E-state index is 5.59. The summed E-state index contributed by atoms with van der Waals surface area (Å²) < 4.78 is 0. The van der Waals surface area contributed by atoms with E-state index >= 15 is 0 Å². The Bertz CT molecular complexity index is 219. The smallest absolute Gasteiger partial charge is 0.00742 e. The molecule has 0 heterocycles. The Hall–Kier alpha value is -0.0400. The quantitative estimate of drug-likeness (QED) is 0.637. The molecule has 3 aliphatic rings. The number of nitrogens with two attached hydrogens (primary N) is 1. The van der Waals surface area contributed by atoms with Crippen LogP contribution in [-0.4, -0.2) is 6.54 Å². The van der Waals surface area contributed by atoms with Crippen molar-refractivity contribution in [2.75, 3.05) is 6.54 Å². The van der Waals surface area contributed by atoms with Gasteiger partial charge in [-0.2, -0.15) is 0 Å². The minimum Gasteiger partial charge on any atom is -0.330 e. The molecule has 0 spiro atoms. The molecule has 1 heteroatoms. The monoisotopic (exact) mass is 151 g/mol. The van der Waals surface area contributed by atoms with E-state index in [0.29, 0.717) is 0 Å². The van der Waals surface area contributed by atoms with Crippen LogP contribution in [0.4, 0.5) is 0 Å². The van der Waals surface area contributed by atoms with Crippen LogP contribution in [0.15, 0.2) is 0 Å². The topological polar surface area (TPSA) is 26.0 Å². The fraction of sp³-hybridized carbons (Fsp3) is 1.00. The normalized spacial score (nSPS) is 69.5. The van der Waals surface area contributed by atoms with E-state index < -0.39 is 0 Å². The summed E-state index contributed by atoms with van der Waals surface area (Å²) in [7, 11) is 0. The number of hydrogen-bond donors (Lipinski definition) is 1. The third-order valence-corrected chi connectivity index (χ3v) is 5.24. The van der Waals surface area contributed by atoms with Crippen LogP contribution in [0, 0.1) is 28.6 Å². The maximum Gasteiger partial charge on any atom is -0.00742 e. The van der Waals surface area contributed by atoms with E-state index in [1.54, 1.807) is 0 Å². The van der Waals surface area contributed by atoms with Crippen molar-refractivity contribution in [3.8, 4) is 0 Å². The van der Waals surface area contributed by atoms with Crippen molar-refractivity contribution in [2.24, 2.45) is 34.3 Å². The molecule has 3 fully saturated rings. The predicted octanol–water partition coefficient (Wildman–Crippen LogP) is 1.63. The Morgan fingerprint density at radius 3 is 2.45 bits per heavy atom. The van der Waals surface area contributed by atoms with Gasteiger partial charge < -0.3 is 5.73 Å². The van der Waals surface area contributed by atoms with E-state index in [-0.39, 0.29) is 0 Å². The summed E-state index contributed by atoms with van der Waals surface area (Å²) in [5.41, 5.74) is 7.28. The lowest BCUT2D eigenvalue weighted by atomic mass is 9.87. The summed E-state index contributed by atoms with van der Waals surface area (Å²) in [6.45, 7) is 5.78. The molecule has 0 amide bonds. The van der Waals surface area contributed by atoms with E-state index in [1.807, 2.05) is 0 Å². The highest BCUT2D eigenvalue weighted by molar-refractivity contribution is 5.48. The van der Waals surface area contributed by atoms with Crippen LogP contribution in [0.1, 0.15) is 26.7 Å². The van der Waals surface area contributed by atoms with Gasteiger partial charge in [0.05, 0.1) is 0 Å². The van der Waals surface area contributed by atoms with Crippen LogP contribution in [0.25, 0.3) is 0 Å². The summed E-state index contributed by atoms with van der Waals surface area (Å²) in [6.07, 6.45) is 2.81. The molecule has 0 saturated heterocycles. The van der Waals surface area contributed by atoms with Gasteiger partial charge in [0.1, 0.15) is 0 Å². The first-order valence-corrected chi connectivity index (χ1v) is 4.93. The minimum absolute atomic E-state index is 0.840. The second-order valence-electron chi connectivity index (χ2n) is 4.93. The lowest BCUT2D eigenvalue weighted by molar-refractivity contribution is 0.305. The van der Waals surface area contributed by atoms with Crippen molar-refractivity contribution in [1.29, 1.82) is 0 Å². The minimum atomic E-state index is 0.840. The summed E-state index contributed by atoms with van der Waals surface area (Å²) >= 11 is 0. The van der Waals surface area contributed by atoms with Gasteiger partial charge in [0.2, 0.25) is 0 Å². The van der Waals surface area contributed by atoms with Gasteiger partial charge in [0.15, 0.2) is 0 Å². The molecule has 5 atom stereocenters. The van der Waals surface area contributed by atoms with Gasteiger partial charge >= 0.3 is 0 Å². The molecule has 0 radical (unpaired) electrons. The largest absolute Gasteiger partial charge is 0.330 e. The first kappa shape index (κ1) is 6.47. The summed E-state index contributed by atoms with van der Waals surface area (Å²) in [6, 6.07) is 0. The molecule has 2 N–H and O–H groups in total. The van der Waals surface area contributed by atoms with Gasteiger partial charge in [-0.1, -0.05) is 13.8 Å². The van der Waals surface area contributed by atoms with Crippen LogP contribution in [0.5, 0.6) is 0 Å². The molecule has 0 bridgehead atoms. The van der Waals surface area contributed by atoms with Gasteiger partial charge in [0, 0.05) is 0 Å². The SMILES string of the molecule is C[C@H]1CC23C(CCN)C12[C@H]3C. The lowest BCUT2D eigenvalue weighted by Gasteiger charge is -2.18. The molecule has 0 aliphatic heterocycles. The van der Waals surface area contributed by atoms with Crippen molar-refractivity contribution in [1.82, 2.24) is 0 Å². The number of hydrogen-bond acceptors (Lipinski definition) is 1. The Balaban J connectivity index is 1.81. The van der Waals surface area contributed by atoms with Crippen LogP contribution in [-0.2, 0) is 0 Å². The second-order valence-corrected chi connectivity index (χ2v) is 4.93. The highest BCUT2D eigenvalue weighted by Gasteiger charge is 3.01. The van der Waals surface area contributed by atoms with Crippen LogP contribution in [0.3, 0.4) is 0 Å². The summed E-state index contributed by atoms with van der Waals surface area (Å²) in [5.74, 6) is 3.13. The third-order valence-electron chi connectivity index (χ3n) is 5.24. The van der Waals surface area contributed by atoms with Crippen molar-refractivity contribution in [2.45, 2.75) is 26.7 Å². The van der Waals surface area contributed by atoms with E-state index in [9.17, 15) is 0 Å². The molecule has 3 saturated carbocycles. The summed E-state index contributed by atoms with van der Waals surface area (Å²) in [4.78, 5) is 0. The molecule has 11 heavy (non-hydrogen) atoms. The maximum atomic E-state index is 5.59. The second kappa shape index (κ2) is 1.39. The lowest BCUT2D eigenvalue weighted by Crippen LogP contribution is -2.13. The average molecular weight is 151 g/mol. The third kappa shape index (κ3) is 0.342. The molecular formula is C10H17N. The molecule has 3 aliphatic carbocycles. The molecule has 1 nitrogen and oxygen atoms in total. The van der Waals surface area contributed by atoms with Crippen molar-refractivity contribution >= 4 is 0 Å². The zero-order chi connectivity index (χ0) is 7.85. The average Bonchev–Trinajstić information content (AvgIpc) is 2.65. The molecule has 0 aromatic heterocycles. The predicted molar refractivity (Wildman–Crippen MR) is 45.0 cm³/mol. The van der Waals surface area contributed by atoms with Crippen molar-refractivity contribution < 1.29 is 0 Å². The molecule has 3 rings (SSSR count). The molecule has 3 unspecified atom stereocenters. The molecule has 62 valence electrons. The fourth-order valence-electron chi connectivity index (χ4n) is 4.96. The van der Waals surface area contributed by atoms with E-state index in [1.165, 1.54) is 12.8 Å². The number of rotatable bonds is 2. The van der Waals surface area contributed by atoms with Crippen LogP contribution >= 0.6 is 0 Å². The highest BCUT2D eigenvalue weighted by Crippen LogP contribution is 3.05. The fourth-order valence-corrected chi connectivity index (χ4v) is 4.96. The highest BCUT2D eigenvalue weighted by atomic mass is 15.0. The van der Waals surface area contributed by atoms with Gasteiger partial charge in [-0.05, 0) is 48.0 Å². The zero-order valence-corrected chi connectivity index (χ0v) is 7.43. The zero-order valence-electron chi connectivity index (χ0n) is 7.43. The summed E-state index contributed by atoms with van der Waals surface area (Å²) in [5, 5.41) is 0. The van der Waals surface area contributed by atoms with Crippen LogP contribution in [0.2, 0.25) is 0 Å². The molecular weight excluding hydrogens is 134 g/mol. The van der Waals surface area contributed by atoms with Gasteiger partial charge in [-0.25, -0.2) is 0 Å².